The molecular formula is C24H33N5O3S. The molecule has 1 aliphatic rings. The van der Waals surface area contributed by atoms with Gasteiger partial charge in [0.2, 0.25) is 17.7 Å². The van der Waals surface area contributed by atoms with Crippen molar-refractivity contribution in [2.45, 2.75) is 59.2 Å². The molecule has 9 heteroatoms. The smallest absolute Gasteiger partial charge is 0.246 e. The summed E-state index contributed by atoms with van der Waals surface area (Å²) in [6, 6.07) is 6.75. The maximum atomic E-state index is 13.3. The topological polar surface area (TPSA) is 117 Å². The van der Waals surface area contributed by atoms with Gasteiger partial charge in [0.25, 0.3) is 0 Å². The summed E-state index contributed by atoms with van der Waals surface area (Å²) in [4.78, 5) is 45.2. The Labute approximate surface area is 199 Å². The maximum absolute atomic E-state index is 13.3. The van der Waals surface area contributed by atoms with Gasteiger partial charge in [-0.3, -0.25) is 14.4 Å². The third kappa shape index (κ3) is 5.97. The number of nitrogens with two attached hydrogens (primary N) is 1. The molecule has 2 unspecified atom stereocenters. The monoisotopic (exact) mass is 471 g/mol. The van der Waals surface area contributed by atoms with E-state index in [9.17, 15) is 14.4 Å². The summed E-state index contributed by atoms with van der Waals surface area (Å²) in [7, 11) is 0. The van der Waals surface area contributed by atoms with Crippen LogP contribution in [0, 0.1) is 12.3 Å². The molecule has 33 heavy (non-hydrogen) atoms. The summed E-state index contributed by atoms with van der Waals surface area (Å²) in [6.45, 7) is 8.32. The van der Waals surface area contributed by atoms with Crippen LogP contribution in [-0.4, -0.2) is 52.8 Å². The largest absolute Gasteiger partial charge is 0.350 e. The number of likely N-dealkylation sites (tertiary alicyclic amines) is 1. The third-order valence-electron chi connectivity index (χ3n) is 5.87. The summed E-state index contributed by atoms with van der Waals surface area (Å²) in [5.41, 5.74) is 9.84. The molecule has 0 radical (unpaired) electrons. The Morgan fingerprint density at radius 2 is 1.94 bits per heavy atom. The van der Waals surface area contributed by atoms with E-state index in [2.05, 4.69) is 15.6 Å². The lowest BCUT2D eigenvalue weighted by Crippen LogP contribution is -2.58. The Bertz CT molecular complexity index is 996. The van der Waals surface area contributed by atoms with Crippen molar-refractivity contribution in [1.82, 2.24) is 20.5 Å². The molecule has 1 saturated heterocycles. The molecule has 3 amide bonds. The lowest BCUT2D eigenvalue weighted by Gasteiger charge is -2.35. The first-order valence-corrected chi connectivity index (χ1v) is 12.1. The Morgan fingerprint density at radius 1 is 1.24 bits per heavy atom. The van der Waals surface area contributed by atoms with E-state index >= 15 is 0 Å². The average molecular weight is 472 g/mol. The number of nitrogens with zero attached hydrogens (tertiary/aromatic N) is 2. The highest BCUT2D eigenvalue weighted by Crippen LogP contribution is 2.28. The second kappa shape index (κ2) is 10.4. The van der Waals surface area contributed by atoms with Crippen molar-refractivity contribution < 1.29 is 14.4 Å². The van der Waals surface area contributed by atoms with E-state index in [1.165, 1.54) is 0 Å². The molecule has 2 atom stereocenters. The number of hydrogen-bond donors (Lipinski definition) is 3. The van der Waals surface area contributed by atoms with Crippen LogP contribution >= 0.6 is 11.3 Å². The number of amides is 3. The fraction of sp³-hybridized carbons (Fsp3) is 0.500. The van der Waals surface area contributed by atoms with Crippen LogP contribution in [0.1, 0.15) is 44.9 Å². The third-order valence-corrected chi connectivity index (χ3v) is 6.85. The van der Waals surface area contributed by atoms with Crippen molar-refractivity contribution in [2.75, 3.05) is 13.1 Å². The van der Waals surface area contributed by atoms with Crippen LogP contribution in [0.5, 0.6) is 0 Å². The first-order chi connectivity index (χ1) is 15.6. The van der Waals surface area contributed by atoms with Crippen LogP contribution < -0.4 is 16.4 Å². The molecule has 1 fully saturated rings. The standard InChI is InChI=1S/C24H33N5O3S/c1-15-20(33-14-27-15)17-9-7-16(8-10-17)13-26-22(31)18-6-5-11-29(18)23(32)21(24(2,3)4)28-19(30)12-25/h7-10,14,18,21H,5-6,11-13,25H2,1-4H3,(H,26,31)(H,28,30). The highest BCUT2D eigenvalue weighted by Gasteiger charge is 2.41. The van der Waals surface area contributed by atoms with Crippen molar-refractivity contribution >= 4 is 29.1 Å². The summed E-state index contributed by atoms with van der Waals surface area (Å²) in [6.07, 6.45) is 1.34. The predicted octanol–water partition coefficient (Wildman–Crippen LogP) is 2.22. The molecule has 8 nitrogen and oxygen atoms in total. The predicted molar refractivity (Wildman–Crippen MR) is 129 cm³/mol. The molecule has 4 N–H and O–H groups in total. The van der Waals surface area contributed by atoms with Gasteiger partial charge in [0.15, 0.2) is 0 Å². The van der Waals surface area contributed by atoms with Gasteiger partial charge in [-0.05, 0) is 36.3 Å². The van der Waals surface area contributed by atoms with Crippen molar-refractivity contribution in [1.29, 1.82) is 0 Å². The number of carbonyl (C=O) groups excluding carboxylic acids is 3. The zero-order chi connectivity index (χ0) is 24.2. The minimum absolute atomic E-state index is 0.180. The number of benzene rings is 1. The van der Waals surface area contributed by atoms with Gasteiger partial charge in [0, 0.05) is 13.1 Å². The second-order valence-corrected chi connectivity index (χ2v) is 10.3. The zero-order valence-corrected chi connectivity index (χ0v) is 20.5. The molecule has 2 heterocycles. The fourth-order valence-electron chi connectivity index (χ4n) is 4.00. The molecule has 0 saturated carbocycles. The van der Waals surface area contributed by atoms with E-state index in [1.54, 1.807) is 16.2 Å². The summed E-state index contributed by atoms with van der Waals surface area (Å²) >= 11 is 1.60. The Hall–Kier alpha value is -2.78. The highest BCUT2D eigenvalue weighted by atomic mass is 32.1. The molecule has 1 aliphatic heterocycles. The maximum Gasteiger partial charge on any atom is 0.246 e. The molecule has 0 aliphatic carbocycles. The van der Waals surface area contributed by atoms with Crippen molar-refractivity contribution in [3.63, 3.8) is 0 Å². The van der Waals surface area contributed by atoms with E-state index in [-0.39, 0.29) is 24.3 Å². The Balaban J connectivity index is 1.63. The molecular weight excluding hydrogens is 438 g/mol. The van der Waals surface area contributed by atoms with Gasteiger partial charge in [-0.15, -0.1) is 11.3 Å². The first-order valence-electron chi connectivity index (χ1n) is 11.2. The van der Waals surface area contributed by atoms with Crippen molar-refractivity contribution in [3.05, 3.63) is 41.0 Å². The van der Waals surface area contributed by atoms with Crippen molar-refractivity contribution in [3.8, 4) is 10.4 Å². The lowest BCUT2D eigenvalue weighted by molar-refractivity contribution is -0.143. The number of rotatable bonds is 7. The van der Waals surface area contributed by atoms with Crippen molar-refractivity contribution in [2.24, 2.45) is 11.1 Å². The van der Waals surface area contributed by atoms with Crippen LogP contribution in [0.15, 0.2) is 29.8 Å². The van der Waals surface area contributed by atoms with E-state index in [0.29, 0.717) is 19.5 Å². The van der Waals surface area contributed by atoms with Gasteiger partial charge >= 0.3 is 0 Å². The quantitative estimate of drug-likeness (QED) is 0.572. The van der Waals surface area contributed by atoms with E-state index in [0.717, 1.165) is 28.1 Å². The number of aryl methyl sites for hydroxylation is 1. The van der Waals surface area contributed by atoms with Crippen LogP contribution in [-0.2, 0) is 20.9 Å². The van der Waals surface area contributed by atoms with Gasteiger partial charge in [0.1, 0.15) is 12.1 Å². The van der Waals surface area contributed by atoms with Crippen LogP contribution in [0.2, 0.25) is 0 Å². The molecule has 3 rings (SSSR count). The highest BCUT2D eigenvalue weighted by molar-refractivity contribution is 7.13. The molecule has 1 aromatic carbocycles. The van der Waals surface area contributed by atoms with E-state index in [4.69, 9.17) is 5.73 Å². The molecule has 1 aromatic heterocycles. The molecule has 0 bridgehead atoms. The van der Waals surface area contributed by atoms with E-state index < -0.39 is 17.5 Å². The lowest BCUT2D eigenvalue weighted by atomic mass is 9.85. The van der Waals surface area contributed by atoms with Crippen LogP contribution in [0.25, 0.3) is 10.4 Å². The summed E-state index contributed by atoms with van der Waals surface area (Å²) < 4.78 is 0. The van der Waals surface area contributed by atoms with Gasteiger partial charge in [-0.25, -0.2) is 4.98 Å². The van der Waals surface area contributed by atoms with E-state index in [1.807, 2.05) is 57.5 Å². The summed E-state index contributed by atoms with van der Waals surface area (Å²) in [5, 5.41) is 5.70. The minimum atomic E-state index is -0.746. The van der Waals surface area contributed by atoms with Gasteiger partial charge < -0.3 is 21.3 Å². The van der Waals surface area contributed by atoms with Gasteiger partial charge in [-0.1, -0.05) is 45.0 Å². The molecule has 178 valence electrons. The SMILES string of the molecule is Cc1ncsc1-c1ccc(CNC(=O)C2CCCN2C(=O)C(NC(=O)CN)C(C)(C)C)cc1. The van der Waals surface area contributed by atoms with Gasteiger partial charge in [0.05, 0.1) is 22.6 Å². The minimum Gasteiger partial charge on any atom is -0.350 e. The number of aromatic nitrogens is 1. The van der Waals surface area contributed by atoms with Crippen LogP contribution in [0.4, 0.5) is 0 Å². The summed E-state index contributed by atoms with van der Waals surface area (Å²) in [5.74, 6) is -0.812. The van der Waals surface area contributed by atoms with Gasteiger partial charge in [-0.2, -0.15) is 0 Å². The second-order valence-electron chi connectivity index (χ2n) is 9.44. The Kier molecular flexibility index (Phi) is 7.86. The number of carbonyl (C=O) groups is 3. The van der Waals surface area contributed by atoms with Crippen LogP contribution in [0.3, 0.4) is 0 Å². The Morgan fingerprint density at radius 3 is 2.52 bits per heavy atom. The number of nitrogens with one attached hydrogen (secondary N) is 2. The zero-order valence-electron chi connectivity index (χ0n) is 19.7. The number of hydrogen-bond acceptors (Lipinski definition) is 6. The fourth-order valence-corrected chi connectivity index (χ4v) is 4.81. The first kappa shape index (κ1) is 24.9. The molecule has 0 spiro atoms. The molecule has 2 aromatic rings. The average Bonchev–Trinajstić information content (AvgIpc) is 3.44. The normalized spacial score (nSPS) is 17.0. The number of thiazole rings is 1.